The molecule has 0 radical (unpaired) electrons. The average Bonchev–Trinajstić information content (AvgIpc) is 3.14. The molecule has 170 valence electrons. The molecule has 3 aromatic carbocycles. The number of nitrogens with one attached hydrogen (secondary N) is 1. The van der Waals surface area contributed by atoms with Crippen molar-refractivity contribution in [1.82, 2.24) is 5.32 Å². The Balaban J connectivity index is 1.37. The quantitative estimate of drug-likeness (QED) is 0.371. The summed E-state index contributed by atoms with van der Waals surface area (Å²) in [6.07, 6.45) is -4.22. The molecular weight excluding hydrogens is 431 g/mol. The van der Waals surface area contributed by atoms with E-state index < -0.39 is 41.3 Å². The first kappa shape index (κ1) is 22.4. The number of fused-ring (bicyclic) bond motifs is 3. The van der Waals surface area contributed by atoms with Crippen LogP contribution < -0.4 is 5.32 Å². The first-order chi connectivity index (χ1) is 15.9. The fourth-order valence-electron chi connectivity index (χ4n) is 4.12. The molecule has 0 heterocycles. The SMILES string of the molecule is O=C(NCC(O)C(O)c1cccc(F)c1[N+](=O)[O-])OCC1c2ccccc2-c2ccccc21. The Bertz CT molecular complexity index is 1160. The van der Waals surface area contributed by atoms with Crippen LogP contribution in [0.2, 0.25) is 0 Å². The molecule has 3 N–H and O–H groups in total. The number of rotatable bonds is 7. The largest absolute Gasteiger partial charge is 0.449 e. The van der Waals surface area contributed by atoms with Crippen molar-refractivity contribution in [1.29, 1.82) is 0 Å². The van der Waals surface area contributed by atoms with Crippen LogP contribution in [0.15, 0.2) is 66.7 Å². The lowest BCUT2D eigenvalue weighted by Gasteiger charge is -2.19. The molecule has 9 heteroatoms. The summed E-state index contributed by atoms with van der Waals surface area (Å²) in [5, 5.41) is 33.9. The molecule has 0 saturated heterocycles. The molecule has 8 nitrogen and oxygen atoms in total. The second kappa shape index (κ2) is 9.35. The van der Waals surface area contributed by atoms with Crippen LogP contribution in [-0.2, 0) is 4.74 Å². The number of nitrogens with zero attached hydrogens (tertiary/aromatic N) is 1. The number of alkyl carbamates (subject to hydrolysis) is 1. The first-order valence-corrected chi connectivity index (χ1v) is 10.3. The summed E-state index contributed by atoms with van der Waals surface area (Å²) in [6, 6.07) is 18.9. The van der Waals surface area contributed by atoms with E-state index in [1.54, 1.807) is 0 Å². The third-order valence-electron chi connectivity index (χ3n) is 5.68. The number of halogens is 1. The normalized spacial score (nSPS) is 14.2. The fourth-order valence-corrected chi connectivity index (χ4v) is 4.12. The molecule has 1 amide bonds. The zero-order valence-electron chi connectivity index (χ0n) is 17.3. The maximum absolute atomic E-state index is 13.8. The van der Waals surface area contributed by atoms with Gasteiger partial charge in [0.05, 0.1) is 10.5 Å². The third-order valence-corrected chi connectivity index (χ3v) is 5.68. The Labute approximate surface area is 188 Å². The van der Waals surface area contributed by atoms with E-state index in [0.717, 1.165) is 34.4 Å². The Hall–Kier alpha value is -3.82. The topological polar surface area (TPSA) is 122 Å². The number of nitro groups is 1. The van der Waals surface area contributed by atoms with Crippen LogP contribution in [0.3, 0.4) is 0 Å². The highest BCUT2D eigenvalue weighted by atomic mass is 19.1. The predicted molar refractivity (Wildman–Crippen MR) is 117 cm³/mol. The number of benzene rings is 3. The number of carbonyl (C=O) groups excluding carboxylic acids is 1. The minimum absolute atomic E-state index is 0.0634. The van der Waals surface area contributed by atoms with Gasteiger partial charge in [0, 0.05) is 12.5 Å². The zero-order valence-corrected chi connectivity index (χ0v) is 17.3. The molecule has 3 aromatic rings. The lowest BCUT2D eigenvalue weighted by molar-refractivity contribution is -0.389. The van der Waals surface area contributed by atoms with Gasteiger partial charge in [-0.05, 0) is 34.4 Å². The van der Waals surface area contributed by atoms with Gasteiger partial charge in [0.1, 0.15) is 18.8 Å². The third kappa shape index (κ3) is 4.41. The number of hydrogen-bond acceptors (Lipinski definition) is 6. The molecule has 0 bridgehead atoms. The minimum Gasteiger partial charge on any atom is -0.449 e. The van der Waals surface area contributed by atoms with Crippen LogP contribution in [0, 0.1) is 15.9 Å². The number of para-hydroxylation sites is 1. The summed E-state index contributed by atoms with van der Waals surface area (Å²) in [6.45, 7) is -0.389. The summed E-state index contributed by atoms with van der Waals surface area (Å²) < 4.78 is 19.1. The van der Waals surface area contributed by atoms with Crippen molar-refractivity contribution in [2.45, 2.75) is 18.1 Å². The van der Waals surface area contributed by atoms with Gasteiger partial charge in [-0.3, -0.25) is 10.1 Å². The highest BCUT2D eigenvalue weighted by Gasteiger charge is 2.31. The van der Waals surface area contributed by atoms with Gasteiger partial charge in [-0.1, -0.05) is 54.6 Å². The van der Waals surface area contributed by atoms with Gasteiger partial charge in [0.2, 0.25) is 5.82 Å². The number of ether oxygens (including phenoxy) is 1. The predicted octanol–water partition coefficient (Wildman–Crippen LogP) is 3.67. The van der Waals surface area contributed by atoms with Crippen LogP contribution >= 0.6 is 0 Å². The van der Waals surface area contributed by atoms with E-state index in [1.165, 1.54) is 6.07 Å². The van der Waals surface area contributed by atoms with Gasteiger partial charge in [0.25, 0.3) is 0 Å². The van der Waals surface area contributed by atoms with Gasteiger partial charge in [0.15, 0.2) is 0 Å². The van der Waals surface area contributed by atoms with E-state index in [0.29, 0.717) is 0 Å². The van der Waals surface area contributed by atoms with Crippen molar-refractivity contribution in [3.8, 4) is 11.1 Å². The van der Waals surface area contributed by atoms with Gasteiger partial charge in [-0.2, -0.15) is 4.39 Å². The smallest absolute Gasteiger partial charge is 0.407 e. The summed E-state index contributed by atoms with van der Waals surface area (Å²) >= 11 is 0. The maximum atomic E-state index is 13.8. The van der Waals surface area contributed by atoms with E-state index >= 15 is 0 Å². The number of hydrogen-bond donors (Lipinski definition) is 3. The molecule has 0 spiro atoms. The van der Waals surface area contributed by atoms with Crippen LogP contribution in [0.25, 0.3) is 11.1 Å². The van der Waals surface area contributed by atoms with Crippen molar-refractivity contribution in [2.75, 3.05) is 13.2 Å². The number of amides is 1. The van der Waals surface area contributed by atoms with Crippen LogP contribution in [0.1, 0.15) is 28.7 Å². The van der Waals surface area contributed by atoms with Gasteiger partial charge < -0.3 is 20.3 Å². The second-order valence-corrected chi connectivity index (χ2v) is 7.65. The molecular formula is C24H21FN2O6. The van der Waals surface area contributed by atoms with Crippen molar-refractivity contribution in [3.05, 3.63) is 99.4 Å². The van der Waals surface area contributed by atoms with E-state index in [4.69, 9.17) is 4.74 Å². The highest BCUT2D eigenvalue weighted by Crippen LogP contribution is 2.44. The second-order valence-electron chi connectivity index (χ2n) is 7.65. The van der Waals surface area contributed by atoms with Gasteiger partial charge >= 0.3 is 11.8 Å². The van der Waals surface area contributed by atoms with E-state index in [2.05, 4.69) is 5.32 Å². The van der Waals surface area contributed by atoms with Crippen molar-refractivity contribution in [2.24, 2.45) is 0 Å². The summed E-state index contributed by atoms with van der Waals surface area (Å²) in [7, 11) is 0. The Morgan fingerprint density at radius 3 is 2.24 bits per heavy atom. The monoisotopic (exact) mass is 452 g/mol. The average molecular weight is 452 g/mol. The number of nitro benzene ring substituents is 1. The Morgan fingerprint density at radius 1 is 1.03 bits per heavy atom. The lowest BCUT2D eigenvalue weighted by Crippen LogP contribution is -2.36. The van der Waals surface area contributed by atoms with Crippen LogP contribution in [-0.4, -0.2) is 40.5 Å². The molecule has 1 aliphatic carbocycles. The molecule has 2 atom stereocenters. The molecule has 4 rings (SSSR count). The molecule has 0 aromatic heterocycles. The van der Waals surface area contributed by atoms with E-state index in [-0.39, 0.29) is 18.1 Å². The van der Waals surface area contributed by atoms with E-state index in [1.807, 2.05) is 48.5 Å². The lowest BCUT2D eigenvalue weighted by atomic mass is 9.98. The summed E-state index contributed by atoms with van der Waals surface area (Å²) in [4.78, 5) is 22.4. The number of carbonyl (C=O) groups is 1. The van der Waals surface area contributed by atoms with E-state index in [9.17, 15) is 29.5 Å². The molecule has 33 heavy (non-hydrogen) atoms. The fraction of sp³-hybridized carbons (Fsp3) is 0.208. The van der Waals surface area contributed by atoms with Crippen molar-refractivity contribution < 1.29 is 29.1 Å². The van der Waals surface area contributed by atoms with Crippen LogP contribution in [0.4, 0.5) is 14.9 Å². The summed E-state index contributed by atoms with van der Waals surface area (Å²) in [5.41, 5.74) is 2.93. The van der Waals surface area contributed by atoms with Crippen molar-refractivity contribution in [3.63, 3.8) is 0 Å². The minimum atomic E-state index is -1.78. The number of aliphatic hydroxyl groups excluding tert-OH is 2. The first-order valence-electron chi connectivity index (χ1n) is 10.3. The van der Waals surface area contributed by atoms with Gasteiger partial charge in [-0.25, -0.2) is 4.79 Å². The Morgan fingerprint density at radius 2 is 1.64 bits per heavy atom. The van der Waals surface area contributed by atoms with Gasteiger partial charge in [-0.15, -0.1) is 0 Å². The zero-order chi connectivity index (χ0) is 23.5. The highest BCUT2D eigenvalue weighted by molar-refractivity contribution is 5.79. The Kier molecular flexibility index (Phi) is 6.34. The number of aliphatic hydroxyl groups is 2. The standard InChI is InChI=1S/C24H21FN2O6/c25-20-11-5-10-18(22(20)27(31)32)23(29)21(28)12-26-24(30)33-13-19-16-8-3-1-6-14(16)15-7-2-4-9-17(15)19/h1-11,19,21,23,28-29H,12-13H2,(H,26,30). The molecule has 2 unspecified atom stereocenters. The maximum Gasteiger partial charge on any atom is 0.407 e. The molecule has 0 saturated carbocycles. The van der Waals surface area contributed by atoms with Crippen molar-refractivity contribution >= 4 is 11.8 Å². The summed E-state index contributed by atoms with van der Waals surface area (Å²) in [5.74, 6) is -1.28. The molecule has 1 aliphatic rings. The molecule has 0 fully saturated rings. The molecule has 0 aliphatic heterocycles. The van der Waals surface area contributed by atoms with Crippen LogP contribution in [0.5, 0.6) is 0 Å².